The summed E-state index contributed by atoms with van der Waals surface area (Å²) in [5.41, 5.74) is 0. The van der Waals surface area contributed by atoms with Crippen LogP contribution in [0.3, 0.4) is 0 Å². The van der Waals surface area contributed by atoms with Crippen LogP contribution in [0.1, 0.15) is 34.6 Å². The van der Waals surface area contributed by atoms with Crippen molar-refractivity contribution in [2.45, 2.75) is 34.6 Å². The molecule has 1 amide bonds. The highest BCUT2D eigenvalue weighted by Gasteiger charge is 1.93. The Morgan fingerprint density at radius 2 is 1.62 bits per heavy atom. The Balaban J connectivity index is -0.000000218. The molecular formula is C10H21NO2. The van der Waals surface area contributed by atoms with Gasteiger partial charge in [-0.2, -0.15) is 0 Å². The minimum Gasteiger partial charge on any atom is -0.346 e. The molecule has 0 aromatic rings. The lowest BCUT2D eigenvalue weighted by Gasteiger charge is -1.94. The van der Waals surface area contributed by atoms with Gasteiger partial charge in [0.2, 0.25) is 5.91 Å². The monoisotopic (exact) mass is 187 g/mol. The summed E-state index contributed by atoms with van der Waals surface area (Å²) in [4.78, 5) is 20.5. The summed E-state index contributed by atoms with van der Waals surface area (Å²) in [5, 5.41) is 2.33. The van der Waals surface area contributed by atoms with Gasteiger partial charge in [-0.15, -0.1) is 0 Å². The molecule has 0 heterocycles. The zero-order valence-electron chi connectivity index (χ0n) is 9.31. The van der Waals surface area contributed by atoms with E-state index in [1.54, 1.807) is 0 Å². The average molecular weight is 187 g/mol. The highest BCUT2D eigenvalue weighted by Crippen LogP contribution is 1.67. The maximum absolute atomic E-state index is 10.3. The molecule has 3 heteroatoms. The van der Waals surface area contributed by atoms with Gasteiger partial charge in [0.1, 0.15) is 5.78 Å². The maximum Gasteiger partial charge on any atom is 0.243 e. The fourth-order valence-corrected chi connectivity index (χ4v) is 0.284. The fourth-order valence-electron chi connectivity index (χ4n) is 0.284. The largest absolute Gasteiger partial charge is 0.346 e. The molecule has 0 rings (SSSR count). The topological polar surface area (TPSA) is 46.2 Å². The molecular weight excluding hydrogens is 166 g/mol. The summed E-state index contributed by atoms with van der Waals surface area (Å²) in [6, 6.07) is 0. The van der Waals surface area contributed by atoms with Gasteiger partial charge in [0.05, 0.1) is 6.54 Å². The SMILES string of the molecule is C=CC(=O)NCC(C)=O.CC.CC. The molecule has 3 nitrogen and oxygen atoms in total. The van der Waals surface area contributed by atoms with Crippen LogP contribution in [-0.4, -0.2) is 18.2 Å². The molecule has 0 fully saturated rings. The zero-order chi connectivity index (χ0) is 11.3. The van der Waals surface area contributed by atoms with Crippen molar-refractivity contribution >= 4 is 11.7 Å². The second-order valence-corrected chi connectivity index (χ2v) is 1.62. The zero-order valence-corrected chi connectivity index (χ0v) is 9.31. The van der Waals surface area contributed by atoms with Crippen LogP contribution in [0, 0.1) is 0 Å². The maximum atomic E-state index is 10.3. The third kappa shape index (κ3) is 24.8. The van der Waals surface area contributed by atoms with E-state index in [4.69, 9.17) is 0 Å². The summed E-state index contributed by atoms with van der Waals surface area (Å²) >= 11 is 0. The molecule has 0 radical (unpaired) electrons. The molecule has 0 bridgehead atoms. The van der Waals surface area contributed by atoms with Crippen molar-refractivity contribution in [3.63, 3.8) is 0 Å². The van der Waals surface area contributed by atoms with E-state index < -0.39 is 0 Å². The van der Waals surface area contributed by atoms with Gasteiger partial charge in [-0.1, -0.05) is 34.3 Å². The second-order valence-electron chi connectivity index (χ2n) is 1.62. The molecule has 0 atom stereocenters. The lowest BCUT2D eigenvalue weighted by atomic mass is 10.4. The molecule has 1 N–H and O–H groups in total. The Labute approximate surface area is 81.2 Å². The van der Waals surface area contributed by atoms with Crippen molar-refractivity contribution in [3.05, 3.63) is 12.7 Å². The molecule has 0 unspecified atom stereocenters. The second kappa shape index (κ2) is 17.1. The highest BCUT2D eigenvalue weighted by atomic mass is 16.2. The molecule has 0 saturated heterocycles. The first-order valence-electron chi connectivity index (χ1n) is 4.56. The van der Waals surface area contributed by atoms with Crippen LogP contribution in [0.4, 0.5) is 0 Å². The smallest absolute Gasteiger partial charge is 0.243 e. The van der Waals surface area contributed by atoms with Crippen LogP contribution in [0.15, 0.2) is 12.7 Å². The standard InChI is InChI=1S/C6H9NO2.2C2H6/c1-3-6(9)7-4-5(2)8;2*1-2/h3H,1,4H2,2H3,(H,7,9);2*1-2H3. The van der Waals surface area contributed by atoms with Crippen molar-refractivity contribution in [1.29, 1.82) is 0 Å². The first kappa shape index (κ1) is 17.8. The van der Waals surface area contributed by atoms with E-state index >= 15 is 0 Å². The Morgan fingerprint density at radius 1 is 1.23 bits per heavy atom. The number of ketones is 1. The van der Waals surface area contributed by atoms with Crippen LogP contribution >= 0.6 is 0 Å². The van der Waals surface area contributed by atoms with E-state index in [2.05, 4.69) is 11.9 Å². The van der Waals surface area contributed by atoms with E-state index in [-0.39, 0.29) is 18.2 Å². The molecule has 0 aliphatic heterocycles. The number of Topliss-reactive ketones (excluding diaryl/α,β-unsaturated/α-hetero) is 1. The van der Waals surface area contributed by atoms with Crippen molar-refractivity contribution in [1.82, 2.24) is 5.32 Å². The van der Waals surface area contributed by atoms with Gasteiger partial charge < -0.3 is 5.32 Å². The van der Waals surface area contributed by atoms with E-state index in [1.165, 1.54) is 6.92 Å². The van der Waals surface area contributed by atoms with Gasteiger partial charge in [-0.05, 0) is 13.0 Å². The molecule has 0 spiro atoms. The van der Waals surface area contributed by atoms with Crippen molar-refractivity contribution in [2.75, 3.05) is 6.54 Å². The van der Waals surface area contributed by atoms with E-state index in [9.17, 15) is 9.59 Å². The molecule has 0 aromatic carbocycles. The van der Waals surface area contributed by atoms with Crippen LogP contribution in [0.25, 0.3) is 0 Å². The Morgan fingerprint density at radius 3 is 1.85 bits per heavy atom. The van der Waals surface area contributed by atoms with Crippen molar-refractivity contribution in [3.8, 4) is 0 Å². The average Bonchev–Trinajstić information content (AvgIpc) is 2.20. The number of nitrogens with one attached hydrogen (secondary N) is 1. The number of hydrogen-bond donors (Lipinski definition) is 1. The van der Waals surface area contributed by atoms with Gasteiger partial charge in [0.25, 0.3) is 0 Å². The lowest BCUT2D eigenvalue weighted by molar-refractivity contribution is -0.121. The van der Waals surface area contributed by atoms with Crippen LogP contribution < -0.4 is 5.32 Å². The highest BCUT2D eigenvalue weighted by molar-refractivity contribution is 5.90. The number of rotatable bonds is 3. The van der Waals surface area contributed by atoms with Crippen molar-refractivity contribution in [2.24, 2.45) is 0 Å². The Hall–Kier alpha value is -1.12. The summed E-state index contributed by atoms with van der Waals surface area (Å²) in [6.07, 6.45) is 1.13. The number of hydrogen-bond acceptors (Lipinski definition) is 2. The first-order valence-corrected chi connectivity index (χ1v) is 4.56. The van der Waals surface area contributed by atoms with Crippen LogP contribution in [-0.2, 0) is 9.59 Å². The predicted octanol–water partition coefficient (Wildman–Crippen LogP) is 1.93. The van der Waals surface area contributed by atoms with Gasteiger partial charge in [-0.25, -0.2) is 0 Å². The van der Waals surface area contributed by atoms with Crippen molar-refractivity contribution < 1.29 is 9.59 Å². The summed E-state index contributed by atoms with van der Waals surface area (Å²) in [6.45, 7) is 12.7. The summed E-state index contributed by atoms with van der Waals surface area (Å²) in [7, 11) is 0. The third-order valence-corrected chi connectivity index (χ3v) is 0.697. The predicted molar refractivity (Wildman–Crippen MR) is 56.6 cm³/mol. The fraction of sp³-hybridized carbons (Fsp3) is 0.600. The molecule has 0 aliphatic carbocycles. The molecule has 13 heavy (non-hydrogen) atoms. The van der Waals surface area contributed by atoms with Gasteiger partial charge in [-0.3, -0.25) is 9.59 Å². The van der Waals surface area contributed by atoms with E-state index in [0.29, 0.717) is 0 Å². The minimum absolute atomic E-state index is 0.0646. The van der Waals surface area contributed by atoms with E-state index in [1.807, 2.05) is 27.7 Å². The van der Waals surface area contributed by atoms with E-state index in [0.717, 1.165) is 6.08 Å². The molecule has 0 aliphatic rings. The van der Waals surface area contributed by atoms with Gasteiger partial charge >= 0.3 is 0 Å². The number of amides is 1. The minimum atomic E-state index is -0.315. The summed E-state index contributed by atoms with van der Waals surface area (Å²) < 4.78 is 0. The Bertz CT molecular complexity index is 142. The normalized spacial score (nSPS) is 6.54. The number of carbonyl (C=O) groups excluding carboxylic acids is 2. The quantitative estimate of drug-likeness (QED) is 0.686. The summed E-state index contributed by atoms with van der Waals surface area (Å²) in [5.74, 6) is -0.379. The Kier molecular flexibility index (Phi) is 23.5. The number of carbonyl (C=O) groups is 2. The molecule has 78 valence electrons. The van der Waals surface area contributed by atoms with Gasteiger partial charge in [0, 0.05) is 0 Å². The van der Waals surface area contributed by atoms with Gasteiger partial charge in [0.15, 0.2) is 0 Å². The first-order chi connectivity index (χ1) is 6.16. The third-order valence-electron chi connectivity index (χ3n) is 0.697. The molecule has 0 aromatic heterocycles. The molecule has 0 saturated carbocycles. The van der Waals surface area contributed by atoms with Crippen LogP contribution in [0.5, 0.6) is 0 Å². The lowest BCUT2D eigenvalue weighted by Crippen LogP contribution is -2.26. The van der Waals surface area contributed by atoms with Crippen LogP contribution in [0.2, 0.25) is 0 Å².